The van der Waals surface area contributed by atoms with Crippen molar-refractivity contribution >= 4 is 21.8 Å². The zero-order chi connectivity index (χ0) is 21.8. The number of nitriles is 1. The molecule has 0 fully saturated rings. The second-order valence-electron chi connectivity index (χ2n) is 6.41. The Morgan fingerprint density at radius 2 is 2.00 bits per heavy atom. The monoisotopic (exact) mass is 421 g/mol. The van der Waals surface area contributed by atoms with Gasteiger partial charge in [0.25, 0.3) is 10.1 Å². The summed E-state index contributed by atoms with van der Waals surface area (Å²) >= 11 is 0. The van der Waals surface area contributed by atoms with Gasteiger partial charge in [0.15, 0.2) is 0 Å². The predicted octanol–water partition coefficient (Wildman–Crippen LogP) is 1.66. The molecule has 0 radical (unpaired) electrons. The summed E-state index contributed by atoms with van der Waals surface area (Å²) in [5.74, 6) is -1.55. The molecule has 0 aliphatic carbocycles. The van der Waals surface area contributed by atoms with Crippen LogP contribution in [0.15, 0.2) is 47.1 Å². The third kappa shape index (κ3) is 5.28. The summed E-state index contributed by atoms with van der Waals surface area (Å²) in [4.78, 5) is 14.2. The van der Waals surface area contributed by atoms with Crippen LogP contribution in [0.2, 0.25) is 0 Å². The molecule has 1 aliphatic rings. The third-order valence-corrected chi connectivity index (χ3v) is 5.15. The van der Waals surface area contributed by atoms with Gasteiger partial charge >= 0.3 is 5.97 Å². The normalized spacial score (nSPS) is 16.9. The fourth-order valence-electron chi connectivity index (χ4n) is 2.99. The van der Waals surface area contributed by atoms with E-state index in [2.05, 4.69) is 0 Å². The van der Waals surface area contributed by atoms with Crippen LogP contribution >= 0.6 is 0 Å². The van der Waals surface area contributed by atoms with Crippen LogP contribution in [0.1, 0.15) is 25.3 Å². The van der Waals surface area contributed by atoms with Crippen molar-refractivity contribution in [1.82, 2.24) is 0 Å². The Bertz CT molecular complexity index is 990. The molecule has 0 aromatic heterocycles. The molecule has 156 valence electrons. The molecule has 0 spiro atoms. The first-order chi connectivity index (χ1) is 13.6. The van der Waals surface area contributed by atoms with Crippen molar-refractivity contribution in [2.24, 2.45) is 5.73 Å². The summed E-state index contributed by atoms with van der Waals surface area (Å²) in [6.45, 7) is 3.52. The number of anilines is 1. The molecule has 29 heavy (non-hydrogen) atoms. The largest absolute Gasteiger partial charge is 0.463 e. The summed E-state index contributed by atoms with van der Waals surface area (Å²) in [6.07, 6.45) is 0. The lowest BCUT2D eigenvalue weighted by molar-refractivity contribution is -0.139. The molecule has 3 N–H and O–H groups in total. The lowest BCUT2D eigenvalue weighted by Gasteiger charge is -2.27. The zero-order valence-electron chi connectivity index (χ0n) is 16.4. The van der Waals surface area contributed by atoms with Crippen LogP contribution in [0.4, 0.5) is 5.69 Å². The van der Waals surface area contributed by atoms with Gasteiger partial charge in [-0.2, -0.15) is 13.7 Å². The van der Waals surface area contributed by atoms with Gasteiger partial charge in [0.2, 0.25) is 5.88 Å². The minimum absolute atomic E-state index is 0.0719. The Balaban J connectivity index is 2.39. The number of allylic oxidation sites excluding steroid dienone is 2. The van der Waals surface area contributed by atoms with E-state index in [1.165, 1.54) is 0 Å². The Morgan fingerprint density at radius 1 is 1.38 bits per heavy atom. The van der Waals surface area contributed by atoms with Crippen molar-refractivity contribution in [3.63, 3.8) is 0 Å². The van der Waals surface area contributed by atoms with Gasteiger partial charge in [-0.05, 0) is 31.5 Å². The van der Waals surface area contributed by atoms with Gasteiger partial charge < -0.3 is 20.1 Å². The average molecular weight is 421 g/mol. The summed E-state index contributed by atoms with van der Waals surface area (Å²) < 4.78 is 41.3. The third-order valence-electron chi connectivity index (χ3n) is 4.45. The second-order valence-corrected chi connectivity index (χ2v) is 7.99. The molecule has 2 rings (SSSR count). The van der Waals surface area contributed by atoms with Crippen LogP contribution in [-0.2, 0) is 24.4 Å². The minimum Gasteiger partial charge on any atom is -0.463 e. The number of nitrogens with zero attached hydrogens (tertiary/aromatic N) is 2. The highest BCUT2D eigenvalue weighted by Gasteiger charge is 2.36. The van der Waals surface area contributed by atoms with E-state index in [1.54, 1.807) is 50.1 Å². The van der Waals surface area contributed by atoms with E-state index in [9.17, 15) is 18.5 Å². The maximum Gasteiger partial charge on any atom is 0.338 e. The summed E-state index contributed by atoms with van der Waals surface area (Å²) in [7, 11) is -2.38. The van der Waals surface area contributed by atoms with Crippen molar-refractivity contribution in [2.75, 3.05) is 30.9 Å². The molecule has 0 saturated carbocycles. The Labute approximate surface area is 169 Å². The highest BCUT2D eigenvalue weighted by Crippen LogP contribution is 2.39. The fraction of sp³-hybridized carbons (Fsp3) is 0.368. The Morgan fingerprint density at radius 3 is 2.52 bits per heavy atom. The molecule has 1 aromatic rings. The lowest BCUT2D eigenvalue weighted by Crippen LogP contribution is -2.26. The van der Waals surface area contributed by atoms with Gasteiger partial charge in [0.1, 0.15) is 17.4 Å². The van der Waals surface area contributed by atoms with Crippen molar-refractivity contribution in [3.8, 4) is 6.07 Å². The average Bonchev–Trinajstić information content (AvgIpc) is 2.65. The molecule has 0 bridgehead atoms. The highest BCUT2D eigenvalue weighted by molar-refractivity contribution is 7.85. The molecule has 1 atom stereocenters. The maximum atomic E-state index is 12.5. The molecule has 1 aliphatic heterocycles. The molecule has 1 aromatic carbocycles. The van der Waals surface area contributed by atoms with Crippen molar-refractivity contribution in [2.45, 2.75) is 19.8 Å². The van der Waals surface area contributed by atoms with Crippen LogP contribution in [-0.4, -0.2) is 44.9 Å². The van der Waals surface area contributed by atoms with Crippen molar-refractivity contribution in [3.05, 3.63) is 52.6 Å². The van der Waals surface area contributed by atoms with E-state index in [4.69, 9.17) is 19.8 Å². The SMILES string of the molecule is CCOC(=O)C1=C(C)OC(N)=C(C#N)C1c1ccc(N(C)CCS(=O)(=O)O)cc1. The molecular weight excluding hydrogens is 398 g/mol. The van der Waals surface area contributed by atoms with Crippen LogP contribution < -0.4 is 10.6 Å². The van der Waals surface area contributed by atoms with Crippen molar-refractivity contribution < 1.29 is 27.2 Å². The number of hydrogen-bond donors (Lipinski definition) is 2. The van der Waals surface area contributed by atoms with E-state index in [0.29, 0.717) is 11.3 Å². The maximum absolute atomic E-state index is 12.5. The standard InChI is InChI=1S/C19H23N3O6S/c1-4-27-19(23)16-12(2)28-18(21)15(11-20)17(16)13-5-7-14(8-6-13)22(3)9-10-29(24,25)26/h5-8,17H,4,9-10,21H2,1-3H3,(H,24,25,26). The number of hydrogen-bond acceptors (Lipinski definition) is 8. The lowest BCUT2D eigenvalue weighted by atomic mass is 9.83. The molecule has 9 nitrogen and oxygen atoms in total. The van der Waals surface area contributed by atoms with Gasteiger partial charge in [-0.15, -0.1) is 0 Å². The van der Waals surface area contributed by atoms with E-state index in [1.807, 2.05) is 6.07 Å². The van der Waals surface area contributed by atoms with Gasteiger partial charge in [0.05, 0.1) is 23.9 Å². The number of rotatable bonds is 7. The summed E-state index contributed by atoms with van der Waals surface area (Å²) in [5.41, 5.74) is 7.48. The summed E-state index contributed by atoms with van der Waals surface area (Å²) in [5, 5.41) is 9.57. The van der Waals surface area contributed by atoms with Gasteiger partial charge in [-0.1, -0.05) is 12.1 Å². The number of carbonyl (C=O) groups excluding carboxylic acids is 1. The topological polar surface area (TPSA) is 143 Å². The van der Waals surface area contributed by atoms with Gasteiger partial charge in [-0.25, -0.2) is 4.79 Å². The van der Waals surface area contributed by atoms with Gasteiger partial charge in [0, 0.05) is 19.3 Å². The number of carbonyl (C=O) groups is 1. The van der Waals surface area contributed by atoms with Crippen LogP contribution in [0, 0.1) is 11.3 Å². The first-order valence-electron chi connectivity index (χ1n) is 8.80. The second kappa shape index (κ2) is 8.98. The fourth-order valence-corrected chi connectivity index (χ4v) is 3.50. The van der Waals surface area contributed by atoms with E-state index < -0.39 is 27.8 Å². The van der Waals surface area contributed by atoms with E-state index in [0.717, 1.165) is 0 Å². The molecular formula is C19H23N3O6S. The Hall–Kier alpha value is -3.03. The molecule has 10 heteroatoms. The van der Waals surface area contributed by atoms with Crippen LogP contribution in [0.5, 0.6) is 0 Å². The van der Waals surface area contributed by atoms with Crippen LogP contribution in [0.3, 0.4) is 0 Å². The molecule has 0 amide bonds. The minimum atomic E-state index is -4.07. The number of esters is 1. The number of nitrogens with two attached hydrogens (primary N) is 1. The molecule has 1 heterocycles. The summed E-state index contributed by atoms with van der Waals surface area (Å²) in [6, 6.07) is 8.88. The predicted molar refractivity (Wildman–Crippen MR) is 106 cm³/mol. The van der Waals surface area contributed by atoms with E-state index >= 15 is 0 Å². The zero-order valence-corrected chi connectivity index (χ0v) is 17.2. The number of benzene rings is 1. The van der Waals surface area contributed by atoms with Crippen molar-refractivity contribution in [1.29, 1.82) is 5.26 Å². The van der Waals surface area contributed by atoms with Gasteiger partial charge in [-0.3, -0.25) is 4.55 Å². The molecule has 0 saturated heterocycles. The first-order valence-corrected chi connectivity index (χ1v) is 10.4. The molecule has 1 unspecified atom stereocenters. The first kappa shape index (κ1) is 22.3. The Kier molecular flexibility index (Phi) is 6.89. The smallest absolute Gasteiger partial charge is 0.338 e. The number of ether oxygens (including phenoxy) is 2. The quantitative estimate of drug-likeness (QED) is 0.496. The van der Waals surface area contributed by atoms with Crippen LogP contribution in [0.25, 0.3) is 0 Å². The highest BCUT2D eigenvalue weighted by atomic mass is 32.2. The van der Waals surface area contributed by atoms with E-state index in [-0.39, 0.29) is 35.9 Å².